The molecule has 2 nitrogen and oxygen atoms in total. The van der Waals surface area contributed by atoms with Crippen molar-refractivity contribution >= 4 is 10.9 Å². The maximum atomic E-state index is 4.55. The Bertz CT molecular complexity index is 534. The van der Waals surface area contributed by atoms with Gasteiger partial charge in [-0.25, -0.2) is 0 Å². The molecule has 0 saturated carbocycles. The van der Waals surface area contributed by atoms with E-state index in [9.17, 15) is 0 Å². The number of benzene rings is 1. The van der Waals surface area contributed by atoms with Gasteiger partial charge in [-0.05, 0) is 38.3 Å². The van der Waals surface area contributed by atoms with Crippen LogP contribution in [0.15, 0.2) is 36.5 Å². The summed E-state index contributed by atoms with van der Waals surface area (Å²) in [5, 5.41) is 1.24. The molecule has 94 valence electrons. The largest absolute Gasteiger partial charge is 0.294 e. The Hall–Kier alpha value is -1.41. The lowest BCUT2D eigenvalue weighted by Crippen LogP contribution is -2.32. The summed E-state index contributed by atoms with van der Waals surface area (Å²) in [4.78, 5) is 7.15. The molecule has 1 aliphatic rings. The Morgan fingerprint density at radius 1 is 1.11 bits per heavy atom. The fourth-order valence-corrected chi connectivity index (χ4v) is 3.05. The molecule has 1 fully saturated rings. The van der Waals surface area contributed by atoms with Gasteiger partial charge < -0.3 is 0 Å². The summed E-state index contributed by atoms with van der Waals surface area (Å²) in [5.41, 5.74) is 2.51. The van der Waals surface area contributed by atoms with Gasteiger partial charge in [-0.15, -0.1) is 0 Å². The van der Waals surface area contributed by atoms with Crippen LogP contribution in [0.1, 0.15) is 32.3 Å². The van der Waals surface area contributed by atoms with Gasteiger partial charge in [0.1, 0.15) is 0 Å². The lowest BCUT2D eigenvalue weighted by molar-refractivity contribution is 0.206. The fraction of sp³-hybridized carbons (Fsp3) is 0.438. The SMILES string of the molecule is C[C@H]1CC[C@H](C)N1Cc1cccc2cccnc12. The molecular formula is C16H20N2. The van der Waals surface area contributed by atoms with Gasteiger partial charge in [0.15, 0.2) is 0 Å². The summed E-state index contributed by atoms with van der Waals surface area (Å²) in [5.74, 6) is 0. The van der Waals surface area contributed by atoms with Crippen LogP contribution in [0.2, 0.25) is 0 Å². The average Bonchev–Trinajstić information content (AvgIpc) is 2.71. The van der Waals surface area contributed by atoms with Gasteiger partial charge in [-0.3, -0.25) is 9.88 Å². The lowest BCUT2D eigenvalue weighted by atomic mass is 10.1. The first kappa shape index (κ1) is 11.7. The number of aromatic nitrogens is 1. The number of likely N-dealkylation sites (tertiary alicyclic amines) is 1. The summed E-state index contributed by atoms with van der Waals surface area (Å²) >= 11 is 0. The van der Waals surface area contributed by atoms with Crippen molar-refractivity contribution in [1.29, 1.82) is 0 Å². The third-order valence-corrected chi connectivity index (χ3v) is 4.20. The quantitative estimate of drug-likeness (QED) is 0.797. The van der Waals surface area contributed by atoms with E-state index in [4.69, 9.17) is 0 Å². The standard InChI is InChI=1S/C16H20N2/c1-12-8-9-13(2)18(12)11-15-6-3-5-14-7-4-10-17-16(14)15/h3-7,10,12-13H,8-9,11H2,1-2H3/t12-,13-/m0/s1. The highest BCUT2D eigenvalue weighted by Crippen LogP contribution is 2.27. The summed E-state index contributed by atoms with van der Waals surface area (Å²) in [6.45, 7) is 5.70. The van der Waals surface area contributed by atoms with E-state index < -0.39 is 0 Å². The lowest BCUT2D eigenvalue weighted by Gasteiger charge is -2.26. The topological polar surface area (TPSA) is 16.1 Å². The van der Waals surface area contributed by atoms with E-state index in [1.54, 1.807) is 0 Å². The second kappa shape index (κ2) is 4.69. The minimum atomic E-state index is 0.693. The van der Waals surface area contributed by atoms with E-state index in [0.29, 0.717) is 12.1 Å². The van der Waals surface area contributed by atoms with Crippen LogP contribution >= 0.6 is 0 Å². The molecule has 0 aliphatic carbocycles. The highest BCUT2D eigenvalue weighted by Gasteiger charge is 2.27. The van der Waals surface area contributed by atoms with Crippen LogP contribution in [-0.2, 0) is 6.54 Å². The van der Waals surface area contributed by atoms with Crippen molar-refractivity contribution in [2.45, 2.75) is 45.3 Å². The first-order valence-electron chi connectivity index (χ1n) is 6.84. The summed E-state index contributed by atoms with van der Waals surface area (Å²) in [6.07, 6.45) is 4.53. The first-order valence-corrected chi connectivity index (χ1v) is 6.84. The molecule has 0 N–H and O–H groups in total. The van der Waals surface area contributed by atoms with Crippen molar-refractivity contribution in [3.63, 3.8) is 0 Å². The molecule has 0 radical (unpaired) electrons. The minimum Gasteiger partial charge on any atom is -0.294 e. The zero-order chi connectivity index (χ0) is 12.5. The van der Waals surface area contributed by atoms with E-state index in [0.717, 1.165) is 12.1 Å². The van der Waals surface area contributed by atoms with E-state index in [-0.39, 0.29) is 0 Å². The zero-order valence-corrected chi connectivity index (χ0v) is 11.1. The molecule has 0 spiro atoms. The van der Waals surface area contributed by atoms with Crippen LogP contribution in [0.3, 0.4) is 0 Å². The van der Waals surface area contributed by atoms with E-state index >= 15 is 0 Å². The number of rotatable bonds is 2. The van der Waals surface area contributed by atoms with Crippen molar-refractivity contribution in [3.8, 4) is 0 Å². The van der Waals surface area contributed by atoms with Crippen molar-refractivity contribution in [2.24, 2.45) is 0 Å². The van der Waals surface area contributed by atoms with Gasteiger partial charge in [0.2, 0.25) is 0 Å². The van der Waals surface area contributed by atoms with Crippen LogP contribution in [0.4, 0.5) is 0 Å². The predicted octanol–water partition coefficient (Wildman–Crippen LogP) is 3.61. The molecule has 1 aromatic heterocycles. The van der Waals surface area contributed by atoms with Gasteiger partial charge in [0.05, 0.1) is 5.52 Å². The number of fused-ring (bicyclic) bond motifs is 1. The van der Waals surface area contributed by atoms with E-state index in [2.05, 4.69) is 48.0 Å². The fourth-order valence-electron chi connectivity index (χ4n) is 3.05. The highest BCUT2D eigenvalue weighted by molar-refractivity contribution is 5.81. The second-order valence-corrected chi connectivity index (χ2v) is 5.44. The van der Waals surface area contributed by atoms with Crippen LogP contribution in [0, 0.1) is 0 Å². The smallest absolute Gasteiger partial charge is 0.0746 e. The highest BCUT2D eigenvalue weighted by atomic mass is 15.2. The molecule has 2 aromatic rings. The van der Waals surface area contributed by atoms with Crippen molar-refractivity contribution < 1.29 is 0 Å². The Balaban J connectivity index is 1.95. The van der Waals surface area contributed by atoms with Crippen LogP contribution in [0.5, 0.6) is 0 Å². The maximum Gasteiger partial charge on any atom is 0.0746 e. The Morgan fingerprint density at radius 3 is 2.61 bits per heavy atom. The Labute approximate surface area is 109 Å². The number of hydrogen-bond acceptors (Lipinski definition) is 2. The van der Waals surface area contributed by atoms with Gasteiger partial charge in [-0.1, -0.05) is 24.3 Å². The van der Waals surface area contributed by atoms with Crippen molar-refractivity contribution in [2.75, 3.05) is 0 Å². The van der Waals surface area contributed by atoms with Gasteiger partial charge in [0.25, 0.3) is 0 Å². The van der Waals surface area contributed by atoms with Gasteiger partial charge >= 0.3 is 0 Å². The summed E-state index contributed by atoms with van der Waals surface area (Å²) < 4.78 is 0. The summed E-state index contributed by atoms with van der Waals surface area (Å²) in [7, 11) is 0. The third kappa shape index (κ3) is 2.01. The van der Waals surface area contributed by atoms with Crippen molar-refractivity contribution in [3.05, 3.63) is 42.1 Å². The zero-order valence-electron chi connectivity index (χ0n) is 11.1. The Morgan fingerprint density at radius 2 is 1.83 bits per heavy atom. The minimum absolute atomic E-state index is 0.693. The molecule has 2 heteroatoms. The second-order valence-electron chi connectivity index (χ2n) is 5.44. The first-order chi connectivity index (χ1) is 8.75. The van der Waals surface area contributed by atoms with Crippen LogP contribution in [0.25, 0.3) is 10.9 Å². The molecule has 1 aromatic carbocycles. The number of para-hydroxylation sites is 1. The predicted molar refractivity (Wildman–Crippen MR) is 75.4 cm³/mol. The molecule has 1 aliphatic heterocycles. The number of pyridine rings is 1. The number of hydrogen-bond donors (Lipinski definition) is 0. The molecule has 18 heavy (non-hydrogen) atoms. The molecular weight excluding hydrogens is 220 g/mol. The van der Waals surface area contributed by atoms with Gasteiger partial charge in [0, 0.05) is 30.2 Å². The Kier molecular flexibility index (Phi) is 3.04. The van der Waals surface area contributed by atoms with Gasteiger partial charge in [-0.2, -0.15) is 0 Å². The van der Waals surface area contributed by atoms with Crippen LogP contribution in [-0.4, -0.2) is 22.0 Å². The molecule has 1 saturated heterocycles. The molecule has 3 rings (SSSR count). The molecule has 0 unspecified atom stereocenters. The molecule has 0 amide bonds. The average molecular weight is 240 g/mol. The monoisotopic (exact) mass is 240 g/mol. The molecule has 0 bridgehead atoms. The van der Waals surface area contributed by atoms with Crippen LogP contribution < -0.4 is 0 Å². The van der Waals surface area contributed by atoms with E-state index in [1.165, 1.54) is 23.8 Å². The van der Waals surface area contributed by atoms with E-state index in [1.807, 2.05) is 12.3 Å². The third-order valence-electron chi connectivity index (χ3n) is 4.20. The molecule has 2 heterocycles. The number of nitrogens with zero attached hydrogens (tertiary/aromatic N) is 2. The molecule has 2 atom stereocenters. The maximum absolute atomic E-state index is 4.55. The normalized spacial score (nSPS) is 24.8. The van der Waals surface area contributed by atoms with Crippen molar-refractivity contribution in [1.82, 2.24) is 9.88 Å². The summed E-state index contributed by atoms with van der Waals surface area (Å²) in [6, 6.07) is 12.0.